The third-order valence-electron chi connectivity index (χ3n) is 4.79. The van der Waals surface area contributed by atoms with Gasteiger partial charge in [-0.05, 0) is 42.0 Å². The maximum Gasteiger partial charge on any atom is 0.191 e. The molecule has 0 aliphatic heterocycles. The summed E-state index contributed by atoms with van der Waals surface area (Å²) < 4.78 is 0. The van der Waals surface area contributed by atoms with E-state index in [9.17, 15) is 15.8 Å². The van der Waals surface area contributed by atoms with Crippen LogP contribution in [0.2, 0.25) is 5.02 Å². The Labute approximate surface area is 139 Å². The second kappa shape index (κ2) is 5.47. The zero-order chi connectivity index (χ0) is 16.6. The number of nitriles is 3. The molecule has 1 aromatic rings. The van der Waals surface area contributed by atoms with Gasteiger partial charge < -0.3 is 5.73 Å². The molecule has 5 heteroatoms. The molecule has 0 saturated heterocycles. The summed E-state index contributed by atoms with van der Waals surface area (Å²) in [4.78, 5) is 0. The van der Waals surface area contributed by atoms with Gasteiger partial charge in [0.1, 0.15) is 6.07 Å². The van der Waals surface area contributed by atoms with Gasteiger partial charge >= 0.3 is 0 Å². The average Bonchev–Trinajstić information content (AvgIpc) is 3.04. The number of benzene rings is 1. The molecular formula is C18H13ClN4. The Morgan fingerprint density at radius 3 is 2.35 bits per heavy atom. The van der Waals surface area contributed by atoms with Crippen molar-refractivity contribution in [2.24, 2.45) is 17.1 Å². The van der Waals surface area contributed by atoms with Crippen LogP contribution in [0.1, 0.15) is 24.3 Å². The van der Waals surface area contributed by atoms with Crippen molar-refractivity contribution in [2.45, 2.75) is 18.8 Å². The molecule has 0 aromatic heterocycles. The van der Waals surface area contributed by atoms with Crippen molar-refractivity contribution in [1.82, 2.24) is 0 Å². The Kier molecular flexibility index (Phi) is 3.61. The maximum atomic E-state index is 9.79. The van der Waals surface area contributed by atoms with Crippen LogP contribution in [0.5, 0.6) is 0 Å². The fourth-order valence-corrected chi connectivity index (χ4v) is 3.87. The third kappa shape index (κ3) is 2.02. The molecule has 23 heavy (non-hydrogen) atoms. The SMILES string of the molecule is N#CC1=C(N)C(C#N)(C#N)C(c2ccc(Cl)cc2)C2CCC=C12. The molecule has 3 rings (SSSR count). The summed E-state index contributed by atoms with van der Waals surface area (Å²) in [6.07, 6.45) is 3.61. The molecule has 4 nitrogen and oxygen atoms in total. The van der Waals surface area contributed by atoms with Crippen LogP contribution < -0.4 is 5.73 Å². The van der Waals surface area contributed by atoms with Crippen molar-refractivity contribution in [1.29, 1.82) is 15.8 Å². The monoisotopic (exact) mass is 320 g/mol. The lowest BCUT2D eigenvalue weighted by atomic mass is 9.59. The smallest absolute Gasteiger partial charge is 0.191 e. The van der Waals surface area contributed by atoms with Gasteiger partial charge in [0.15, 0.2) is 5.41 Å². The highest BCUT2D eigenvalue weighted by molar-refractivity contribution is 6.30. The topological polar surface area (TPSA) is 97.4 Å². The number of nitrogens with two attached hydrogens (primary N) is 1. The molecule has 0 bridgehead atoms. The van der Waals surface area contributed by atoms with E-state index in [1.165, 1.54) is 0 Å². The van der Waals surface area contributed by atoms with E-state index in [2.05, 4.69) is 18.2 Å². The van der Waals surface area contributed by atoms with Gasteiger partial charge in [-0.3, -0.25) is 0 Å². The quantitative estimate of drug-likeness (QED) is 0.855. The van der Waals surface area contributed by atoms with Crippen molar-refractivity contribution >= 4 is 11.6 Å². The van der Waals surface area contributed by atoms with E-state index in [0.717, 1.165) is 24.0 Å². The van der Waals surface area contributed by atoms with E-state index in [4.69, 9.17) is 17.3 Å². The Morgan fingerprint density at radius 1 is 1.13 bits per heavy atom. The van der Waals surface area contributed by atoms with Crippen molar-refractivity contribution < 1.29 is 0 Å². The minimum absolute atomic E-state index is 0.0579. The predicted octanol–water partition coefficient (Wildman–Crippen LogP) is 3.54. The van der Waals surface area contributed by atoms with Crippen LogP contribution in [0.3, 0.4) is 0 Å². The van der Waals surface area contributed by atoms with Crippen LogP contribution in [0.25, 0.3) is 0 Å². The molecule has 0 spiro atoms. The fraction of sp³-hybridized carbons (Fsp3) is 0.278. The summed E-state index contributed by atoms with van der Waals surface area (Å²) >= 11 is 5.96. The summed E-state index contributed by atoms with van der Waals surface area (Å²) in [5.41, 5.74) is 6.68. The molecule has 2 N–H and O–H groups in total. The Balaban J connectivity index is 2.29. The van der Waals surface area contributed by atoms with Gasteiger partial charge in [-0.25, -0.2) is 0 Å². The highest BCUT2D eigenvalue weighted by Crippen LogP contribution is 2.56. The van der Waals surface area contributed by atoms with Gasteiger partial charge in [0.25, 0.3) is 0 Å². The zero-order valence-corrected chi connectivity index (χ0v) is 13.0. The number of hydrogen-bond donors (Lipinski definition) is 1. The summed E-state index contributed by atoms with van der Waals surface area (Å²) in [6.45, 7) is 0. The largest absolute Gasteiger partial charge is 0.399 e. The van der Waals surface area contributed by atoms with Crippen LogP contribution in [0.15, 0.2) is 47.2 Å². The summed E-state index contributed by atoms with van der Waals surface area (Å²) in [7, 11) is 0. The van der Waals surface area contributed by atoms with Gasteiger partial charge in [-0.15, -0.1) is 0 Å². The number of nitrogens with zero attached hydrogens (tertiary/aromatic N) is 3. The molecule has 1 aromatic carbocycles. The van der Waals surface area contributed by atoms with Crippen molar-refractivity contribution in [3.63, 3.8) is 0 Å². The molecule has 2 aliphatic carbocycles. The average molecular weight is 321 g/mol. The normalized spacial score (nSPS) is 24.9. The minimum atomic E-state index is -1.54. The number of allylic oxidation sites excluding steroid dienone is 4. The minimum Gasteiger partial charge on any atom is -0.399 e. The van der Waals surface area contributed by atoms with E-state index in [1.54, 1.807) is 12.1 Å². The van der Waals surface area contributed by atoms with Crippen molar-refractivity contribution in [3.05, 3.63) is 57.8 Å². The molecule has 112 valence electrons. The number of fused-ring (bicyclic) bond motifs is 1. The number of hydrogen-bond acceptors (Lipinski definition) is 4. The second-order valence-electron chi connectivity index (χ2n) is 5.80. The highest BCUT2D eigenvalue weighted by atomic mass is 35.5. The Hall–Kier alpha value is -2.74. The van der Waals surface area contributed by atoms with Crippen LogP contribution in [-0.4, -0.2) is 0 Å². The van der Waals surface area contributed by atoms with Crippen molar-refractivity contribution in [3.8, 4) is 18.2 Å². The lowest BCUT2D eigenvalue weighted by molar-refractivity contribution is 0.345. The maximum absolute atomic E-state index is 9.79. The standard InChI is InChI=1S/C18H13ClN4/c19-12-6-4-11(5-7-12)16-14-3-1-2-13(14)15(8-20)17(23)18(16,9-21)10-22/h2,4-7,14,16H,1,3,23H2. The summed E-state index contributed by atoms with van der Waals surface area (Å²) in [5, 5.41) is 29.6. The highest BCUT2D eigenvalue weighted by Gasteiger charge is 2.54. The lowest BCUT2D eigenvalue weighted by Crippen LogP contribution is -2.41. The van der Waals surface area contributed by atoms with E-state index >= 15 is 0 Å². The molecule has 0 radical (unpaired) electrons. The molecule has 0 heterocycles. The van der Waals surface area contributed by atoms with Crippen LogP contribution >= 0.6 is 11.6 Å². The molecule has 2 aliphatic rings. The van der Waals surface area contributed by atoms with Gasteiger partial charge in [0, 0.05) is 10.9 Å². The van der Waals surface area contributed by atoms with Gasteiger partial charge in [0.2, 0.25) is 0 Å². The first kappa shape index (κ1) is 15.2. The molecule has 0 amide bonds. The summed E-state index contributed by atoms with van der Waals surface area (Å²) in [5.74, 6) is -0.460. The molecular weight excluding hydrogens is 308 g/mol. The fourth-order valence-electron chi connectivity index (χ4n) is 3.74. The zero-order valence-electron chi connectivity index (χ0n) is 12.3. The van der Waals surface area contributed by atoms with E-state index in [1.807, 2.05) is 18.2 Å². The lowest BCUT2D eigenvalue weighted by Gasteiger charge is -2.40. The first-order valence-electron chi connectivity index (χ1n) is 7.27. The number of rotatable bonds is 1. The van der Waals surface area contributed by atoms with E-state index in [-0.39, 0.29) is 11.6 Å². The van der Waals surface area contributed by atoms with E-state index in [0.29, 0.717) is 10.6 Å². The molecule has 0 saturated carbocycles. The third-order valence-corrected chi connectivity index (χ3v) is 5.04. The van der Waals surface area contributed by atoms with E-state index < -0.39 is 11.3 Å². The van der Waals surface area contributed by atoms with Crippen LogP contribution in [0, 0.1) is 45.3 Å². The summed E-state index contributed by atoms with van der Waals surface area (Å²) in [6, 6.07) is 13.4. The van der Waals surface area contributed by atoms with Crippen molar-refractivity contribution in [2.75, 3.05) is 0 Å². The second-order valence-corrected chi connectivity index (χ2v) is 6.24. The van der Waals surface area contributed by atoms with Crippen LogP contribution in [0.4, 0.5) is 0 Å². The molecule has 2 atom stereocenters. The van der Waals surface area contributed by atoms with Gasteiger partial charge in [-0.1, -0.05) is 29.8 Å². The predicted molar refractivity (Wildman–Crippen MR) is 85.5 cm³/mol. The molecule has 0 fully saturated rings. The Morgan fingerprint density at radius 2 is 1.78 bits per heavy atom. The van der Waals surface area contributed by atoms with Crippen LogP contribution in [-0.2, 0) is 0 Å². The first-order chi connectivity index (χ1) is 11.1. The van der Waals surface area contributed by atoms with Gasteiger partial charge in [-0.2, -0.15) is 15.8 Å². The first-order valence-corrected chi connectivity index (χ1v) is 7.65. The molecule has 2 unspecified atom stereocenters. The van der Waals surface area contributed by atoms with Gasteiger partial charge in [0.05, 0.1) is 23.4 Å². The Bertz CT molecular complexity index is 829. The number of halogens is 1.